The zero-order valence-corrected chi connectivity index (χ0v) is 19.6. The van der Waals surface area contributed by atoms with Crippen molar-refractivity contribution in [3.05, 3.63) is 75.7 Å². The molecule has 33 heavy (non-hydrogen) atoms. The van der Waals surface area contributed by atoms with Crippen molar-refractivity contribution in [2.45, 2.75) is 58.3 Å². The molecule has 1 N–H and O–H groups in total. The lowest BCUT2D eigenvalue weighted by Gasteiger charge is -2.40. The number of carbonyl (C=O) groups excluding carboxylic acids is 1. The molecule has 0 unspecified atom stereocenters. The van der Waals surface area contributed by atoms with Crippen molar-refractivity contribution < 1.29 is 4.79 Å². The van der Waals surface area contributed by atoms with E-state index in [9.17, 15) is 4.79 Å². The Hall–Kier alpha value is -3.39. The first-order valence-electron chi connectivity index (χ1n) is 11.9. The van der Waals surface area contributed by atoms with Crippen LogP contribution in [0, 0.1) is 32.1 Å². The van der Waals surface area contributed by atoms with E-state index in [0.717, 1.165) is 39.5 Å². The van der Waals surface area contributed by atoms with E-state index in [1.165, 1.54) is 31.2 Å². The van der Waals surface area contributed by atoms with Gasteiger partial charge in [-0.15, -0.1) is 0 Å². The maximum absolute atomic E-state index is 13.4. The predicted octanol–water partition coefficient (Wildman–Crippen LogP) is 5.77. The Morgan fingerprint density at radius 3 is 2.39 bits per heavy atom. The second kappa shape index (κ2) is 8.51. The highest BCUT2D eigenvalue weighted by Gasteiger charge is 2.33. The number of benzene rings is 2. The van der Waals surface area contributed by atoms with E-state index in [2.05, 4.69) is 31.0 Å². The van der Waals surface area contributed by atoms with Gasteiger partial charge in [0.05, 0.1) is 17.3 Å². The molecule has 3 aromatic rings. The van der Waals surface area contributed by atoms with Crippen LogP contribution < -0.4 is 0 Å². The molecule has 5 rings (SSSR count). The third kappa shape index (κ3) is 3.95. The summed E-state index contributed by atoms with van der Waals surface area (Å²) in [5.41, 5.74) is 7.87. The number of carbonyl (C=O) groups is 1. The summed E-state index contributed by atoms with van der Waals surface area (Å²) < 4.78 is 0. The van der Waals surface area contributed by atoms with Crippen LogP contribution in [-0.2, 0) is 0 Å². The van der Waals surface area contributed by atoms with Crippen molar-refractivity contribution >= 4 is 5.91 Å². The lowest BCUT2D eigenvalue weighted by molar-refractivity contribution is 0.0601. The SMILES string of the molecule is Cc1cc(C)c(-c2nc(C3CCCC3)[nH]c2C)cc1C(=O)N1CC(c2ccc(C#N)cc2)C1. The molecule has 1 saturated heterocycles. The maximum Gasteiger partial charge on any atom is 0.254 e. The Kier molecular flexibility index (Phi) is 5.54. The quantitative estimate of drug-likeness (QED) is 0.562. The van der Waals surface area contributed by atoms with E-state index in [1.54, 1.807) is 0 Å². The number of aromatic nitrogens is 2. The van der Waals surface area contributed by atoms with Gasteiger partial charge in [0.25, 0.3) is 5.91 Å². The minimum absolute atomic E-state index is 0.0860. The number of nitrogens with zero attached hydrogens (tertiary/aromatic N) is 3. The van der Waals surface area contributed by atoms with Gasteiger partial charge in [-0.25, -0.2) is 4.98 Å². The third-order valence-corrected chi connectivity index (χ3v) is 7.38. The summed E-state index contributed by atoms with van der Waals surface area (Å²) in [7, 11) is 0. The van der Waals surface area contributed by atoms with Crippen molar-refractivity contribution in [3.63, 3.8) is 0 Å². The van der Waals surface area contributed by atoms with Gasteiger partial charge < -0.3 is 9.88 Å². The zero-order chi connectivity index (χ0) is 23.1. The molecular formula is C28H30N4O. The molecule has 1 saturated carbocycles. The summed E-state index contributed by atoms with van der Waals surface area (Å²) in [6.07, 6.45) is 4.97. The van der Waals surface area contributed by atoms with Crippen LogP contribution in [0.25, 0.3) is 11.3 Å². The highest BCUT2D eigenvalue weighted by atomic mass is 16.2. The molecule has 168 valence electrons. The molecule has 1 aliphatic carbocycles. The Balaban J connectivity index is 1.37. The monoisotopic (exact) mass is 438 g/mol. The first-order valence-corrected chi connectivity index (χ1v) is 11.9. The van der Waals surface area contributed by atoms with Crippen molar-refractivity contribution in [1.82, 2.24) is 14.9 Å². The van der Waals surface area contributed by atoms with Gasteiger partial charge in [0.15, 0.2) is 0 Å². The van der Waals surface area contributed by atoms with Gasteiger partial charge in [0.2, 0.25) is 0 Å². The van der Waals surface area contributed by atoms with Crippen LogP contribution in [0.1, 0.15) is 81.6 Å². The number of amides is 1. The van der Waals surface area contributed by atoms with Crippen LogP contribution >= 0.6 is 0 Å². The van der Waals surface area contributed by atoms with Crippen LogP contribution in [0.15, 0.2) is 36.4 Å². The molecule has 2 heterocycles. The van der Waals surface area contributed by atoms with Gasteiger partial charge in [-0.2, -0.15) is 5.26 Å². The second-order valence-corrected chi connectivity index (χ2v) is 9.70. The number of nitriles is 1. The number of nitrogens with one attached hydrogen (secondary N) is 1. The second-order valence-electron chi connectivity index (χ2n) is 9.70. The number of aryl methyl sites for hydroxylation is 3. The molecule has 1 aromatic heterocycles. The number of hydrogen-bond acceptors (Lipinski definition) is 3. The van der Waals surface area contributed by atoms with Gasteiger partial charge in [0, 0.05) is 41.7 Å². The maximum atomic E-state index is 13.4. The average Bonchev–Trinajstić information content (AvgIpc) is 3.43. The molecule has 5 nitrogen and oxygen atoms in total. The largest absolute Gasteiger partial charge is 0.345 e. The molecule has 0 spiro atoms. The Morgan fingerprint density at radius 1 is 1.03 bits per heavy atom. The molecule has 0 atom stereocenters. The smallest absolute Gasteiger partial charge is 0.254 e. The van der Waals surface area contributed by atoms with Gasteiger partial charge in [-0.05, 0) is 68.5 Å². The van der Waals surface area contributed by atoms with Crippen molar-refractivity contribution in [2.24, 2.45) is 0 Å². The fraction of sp³-hybridized carbons (Fsp3) is 0.393. The lowest BCUT2D eigenvalue weighted by Crippen LogP contribution is -2.48. The van der Waals surface area contributed by atoms with Crippen LogP contribution in [0.5, 0.6) is 0 Å². The molecule has 0 bridgehead atoms. The average molecular weight is 439 g/mol. The van der Waals surface area contributed by atoms with E-state index in [-0.39, 0.29) is 5.91 Å². The summed E-state index contributed by atoms with van der Waals surface area (Å²) in [6, 6.07) is 14.0. The van der Waals surface area contributed by atoms with Crippen LogP contribution in [0.2, 0.25) is 0 Å². The van der Waals surface area contributed by atoms with E-state index in [4.69, 9.17) is 10.2 Å². The number of rotatable bonds is 4. The van der Waals surface area contributed by atoms with E-state index in [1.807, 2.05) is 42.2 Å². The van der Waals surface area contributed by atoms with Crippen molar-refractivity contribution in [3.8, 4) is 17.3 Å². The van der Waals surface area contributed by atoms with Crippen molar-refractivity contribution in [2.75, 3.05) is 13.1 Å². The Labute approximate surface area is 195 Å². The molecule has 0 radical (unpaired) electrons. The number of aromatic amines is 1. The topological polar surface area (TPSA) is 72.8 Å². The number of hydrogen-bond donors (Lipinski definition) is 1. The molecule has 5 heteroatoms. The Morgan fingerprint density at radius 2 is 1.73 bits per heavy atom. The molecule has 2 aliphatic rings. The first kappa shape index (κ1) is 21.5. The molecule has 1 amide bonds. The minimum Gasteiger partial charge on any atom is -0.345 e. The summed E-state index contributed by atoms with van der Waals surface area (Å²) in [5, 5.41) is 8.99. The predicted molar refractivity (Wildman–Crippen MR) is 129 cm³/mol. The Bertz CT molecular complexity index is 1240. The fourth-order valence-electron chi connectivity index (χ4n) is 5.33. The summed E-state index contributed by atoms with van der Waals surface area (Å²) in [5.74, 6) is 2.04. The lowest BCUT2D eigenvalue weighted by atomic mass is 9.89. The molecule has 2 aromatic carbocycles. The van der Waals surface area contributed by atoms with Gasteiger partial charge in [-0.3, -0.25) is 4.79 Å². The number of H-pyrrole nitrogens is 1. The van der Waals surface area contributed by atoms with Gasteiger partial charge in [0.1, 0.15) is 5.82 Å². The summed E-state index contributed by atoms with van der Waals surface area (Å²) in [6.45, 7) is 7.62. The van der Waals surface area contributed by atoms with Crippen molar-refractivity contribution in [1.29, 1.82) is 5.26 Å². The van der Waals surface area contributed by atoms with Gasteiger partial charge in [-0.1, -0.05) is 31.0 Å². The molecule has 1 aliphatic heterocycles. The molecular weight excluding hydrogens is 408 g/mol. The standard InChI is InChI=1S/C28H30N4O/c1-17-12-18(2)25(13-24(17)26-19(3)30-27(31-26)22-6-4-5-7-22)28(33)32-15-23(16-32)21-10-8-20(14-29)9-11-21/h8-13,22-23H,4-7,15-16H2,1-3H3,(H,30,31). The summed E-state index contributed by atoms with van der Waals surface area (Å²) >= 11 is 0. The number of likely N-dealkylation sites (tertiary alicyclic amines) is 1. The van der Waals surface area contributed by atoms with Crippen LogP contribution in [-0.4, -0.2) is 33.9 Å². The van der Waals surface area contributed by atoms with E-state index < -0.39 is 0 Å². The number of imidazole rings is 1. The highest BCUT2D eigenvalue weighted by Crippen LogP contribution is 2.36. The van der Waals surface area contributed by atoms with Crippen LogP contribution in [0.3, 0.4) is 0 Å². The van der Waals surface area contributed by atoms with E-state index in [0.29, 0.717) is 30.5 Å². The van der Waals surface area contributed by atoms with E-state index >= 15 is 0 Å². The fourth-order valence-corrected chi connectivity index (χ4v) is 5.33. The minimum atomic E-state index is 0.0860. The third-order valence-electron chi connectivity index (χ3n) is 7.38. The first-order chi connectivity index (χ1) is 15.9. The highest BCUT2D eigenvalue weighted by molar-refractivity contribution is 5.97. The van der Waals surface area contributed by atoms with Crippen LogP contribution in [0.4, 0.5) is 0 Å². The molecule has 2 fully saturated rings. The zero-order valence-electron chi connectivity index (χ0n) is 19.6. The summed E-state index contributed by atoms with van der Waals surface area (Å²) in [4.78, 5) is 23.8. The van der Waals surface area contributed by atoms with Gasteiger partial charge >= 0.3 is 0 Å². The normalized spacial score (nSPS) is 16.6.